The monoisotopic (exact) mass is 795 g/mol. The summed E-state index contributed by atoms with van der Waals surface area (Å²) in [5.41, 5.74) is 22.9. The summed E-state index contributed by atoms with van der Waals surface area (Å²) >= 11 is 0. The van der Waals surface area contributed by atoms with Gasteiger partial charge in [0.15, 0.2) is 0 Å². The Balaban J connectivity index is 0.935. The second-order valence-electron chi connectivity index (χ2n) is 18.1. The summed E-state index contributed by atoms with van der Waals surface area (Å²) in [6, 6.07) is 73.5. The Bertz CT molecular complexity index is 3390. The molecule has 1 aromatic heterocycles. The quantitative estimate of drug-likeness (QED) is 0.167. The van der Waals surface area contributed by atoms with Crippen molar-refractivity contribution in [2.24, 2.45) is 0 Å². The van der Waals surface area contributed by atoms with Crippen molar-refractivity contribution >= 4 is 39.0 Å². The molecule has 0 fully saturated rings. The minimum Gasteiger partial charge on any atom is -0.455 e. The van der Waals surface area contributed by atoms with Gasteiger partial charge in [-0.25, -0.2) is 0 Å². The zero-order valence-electron chi connectivity index (χ0n) is 35.4. The van der Waals surface area contributed by atoms with Gasteiger partial charge in [-0.05, 0) is 127 Å². The van der Waals surface area contributed by atoms with E-state index in [0.29, 0.717) is 0 Å². The molecule has 0 unspecified atom stereocenters. The number of fused-ring (bicyclic) bond motifs is 9. The van der Waals surface area contributed by atoms with Crippen molar-refractivity contribution in [3.05, 3.63) is 222 Å². The van der Waals surface area contributed by atoms with Crippen LogP contribution in [0.15, 0.2) is 205 Å². The maximum atomic E-state index is 6.45. The van der Waals surface area contributed by atoms with Crippen LogP contribution in [0.1, 0.15) is 49.9 Å². The minimum absolute atomic E-state index is 0.0851. The van der Waals surface area contributed by atoms with Crippen LogP contribution in [0.3, 0.4) is 0 Å². The van der Waals surface area contributed by atoms with Crippen molar-refractivity contribution in [2.75, 3.05) is 4.90 Å². The number of furan rings is 1. The fourth-order valence-corrected chi connectivity index (χ4v) is 10.6. The van der Waals surface area contributed by atoms with Crippen LogP contribution in [-0.4, -0.2) is 0 Å². The zero-order chi connectivity index (χ0) is 41.7. The van der Waals surface area contributed by atoms with Gasteiger partial charge in [0.05, 0.1) is 0 Å². The highest BCUT2D eigenvalue weighted by Crippen LogP contribution is 2.52. The highest BCUT2D eigenvalue weighted by atomic mass is 16.3. The maximum absolute atomic E-state index is 6.45. The topological polar surface area (TPSA) is 16.4 Å². The molecule has 296 valence electrons. The second kappa shape index (κ2) is 13.5. The molecule has 0 saturated heterocycles. The van der Waals surface area contributed by atoms with E-state index in [1.807, 2.05) is 12.1 Å². The lowest BCUT2D eigenvalue weighted by Crippen LogP contribution is -2.16. The molecule has 10 aromatic rings. The van der Waals surface area contributed by atoms with Gasteiger partial charge in [-0.3, -0.25) is 0 Å². The molecule has 2 aliphatic rings. The van der Waals surface area contributed by atoms with Crippen molar-refractivity contribution in [2.45, 2.75) is 38.5 Å². The standard InChI is InChI=1S/C60H45NO/c1-59(2)53-19-10-8-15-47(53)48-33-31-45(37-56(48)59)61(44-29-23-40(24-30-44)46-17-12-18-51-50-16-9-11-20-57(50)62-58(46)51)43-27-21-39(22-28-43)41-26-34-54-52(35-41)49-32-25-42(36-55(49)60(54,3)4)38-13-6-5-7-14-38/h5-37H,1-4H3. The molecule has 0 radical (unpaired) electrons. The number of rotatable bonds is 6. The van der Waals surface area contributed by atoms with Gasteiger partial charge in [0.25, 0.3) is 0 Å². The molecule has 62 heavy (non-hydrogen) atoms. The molecular formula is C60H45NO. The molecular weight excluding hydrogens is 751 g/mol. The predicted octanol–water partition coefficient (Wildman–Crippen LogP) is 16.7. The van der Waals surface area contributed by atoms with Crippen molar-refractivity contribution in [3.8, 4) is 55.6 Å². The summed E-state index contributed by atoms with van der Waals surface area (Å²) < 4.78 is 6.45. The lowest BCUT2D eigenvalue weighted by atomic mass is 9.81. The molecule has 0 amide bonds. The van der Waals surface area contributed by atoms with Crippen LogP contribution in [0, 0.1) is 0 Å². The summed E-state index contributed by atoms with van der Waals surface area (Å²) in [4.78, 5) is 2.40. The van der Waals surface area contributed by atoms with Crippen molar-refractivity contribution in [1.82, 2.24) is 0 Å². The predicted molar refractivity (Wildman–Crippen MR) is 260 cm³/mol. The molecule has 0 saturated carbocycles. The first-order valence-electron chi connectivity index (χ1n) is 21.7. The van der Waals surface area contributed by atoms with Gasteiger partial charge in [0, 0.05) is 44.2 Å². The fourth-order valence-electron chi connectivity index (χ4n) is 10.6. The number of para-hydroxylation sites is 2. The smallest absolute Gasteiger partial charge is 0.143 e. The van der Waals surface area contributed by atoms with Crippen molar-refractivity contribution < 1.29 is 4.42 Å². The van der Waals surface area contributed by atoms with Crippen molar-refractivity contribution in [3.63, 3.8) is 0 Å². The van der Waals surface area contributed by atoms with E-state index < -0.39 is 0 Å². The summed E-state index contributed by atoms with van der Waals surface area (Å²) in [5, 5.41) is 2.28. The number of hydrogen-bond donors (Lipinski definition) is 0. The molecule has 2 heteroatoms. The van der Waals surface area contributed by atoms with Gasteiger partial charge in [0.1, 0.15) is 11.2 Å². The van der Waals surface area contributed by atoms with Crippen LogP contribution < -0.4 is 4.90 Å². The van der Waals surface area contributed by atoms with Gasteiger partial charge in [-0.15, -0.1) is 0 Å². The fraction of sp³-hybridized carbons (Fsp3) is 0.100. The van der Waals surface area contributed by atoms with Gasteiger partial charge >= 0.3 is 0 Å². The average Bonchev–Trinajstić information content (AvgIpc) is 3.89. The number of anilines is 3. The van der Waals surface area contributed by atoms with Crippen molar-refractivity contribution in [1.29, 1.82) is 0 Å². The highest BCUT2D eigenvalue weighted by molar-refractivity contribution is 6.09. The van der Waals surface area contributed by atoms with E-state index in [1.165, 1.54) is 66.8 Å². The number of benzene rings is 9. The van der Waals surface area contributed by atoms with Crippen LogP contribution in [0.25, 0.3) is 77.6 Å². The second-order valence-corrected chi connectivity index (χ2v) is 18.1. The van der Waals surface area contributed by atoms with E-state index in [0.717, 1.165) is 50.1 Å². The highest BCUT2D eigenvalue weighted by Gasteiger charge is 2.37. The normalized spacial score (nSPS) is 14.1. The summed E-state index contributed by atoms with van der Waals surface area (Å²) in [6.07, 6.45) is 0. The lowest BCUT2D eigenvalue weighted by Gasteiger charge is -2.28. The van der Waals surface area contributed by atoms with Crippen LogP contribution in [0.4, 0.5) is 17.1 Å². The summed E-state index contributed by atoms with van der Waals surface area (Å²) in [7, 11) is 0. The lowest BCUT2D eigenvalue weighted by molar-refractivity contribution is 0.660. The zero-order valence-corrected chi connectivity index (χ0v) is 35.4. The molecule has 0 atom stereocenters. The Hall–Kier alpha value is -7.42. The number of nitrogens with zero attached hydrogens (tertiary/aromatic N) is 1. The molecule has 2 aliphatic carbocycles. The molecule has 0 N–H and O–H groups in total. The van der Waals surface area contributed by atoms with E-state index >= 15 is 0 Å². The van der Waals surface area contributed by atoms with Gasteiger partial charge < -0.3 is 9.32 Å². The molecule has 9 aromatic carbocycles. The average molecular weight is 796 g/mol. The first-order chi connectivity index (χ1) is 30.2. The van der Waals surface area contributed by atoms with Crippen LogP contribution in [0.5, 0.6) is 0 Å². The largest absolute Gasteiger partial charge is 0.455 e. The summed E-state index contributed by atoms with van der Waals surface area (Å²) in [5.74, 6) is 0. The SMILES string of the molecule is CC1(C)c2ccc(-c3ccc(N(c4ccc(-c5cccc6c5oc5ccccc56)cc4)c4ccc5c(c4)C(C)(C)c4ccccc4-5)cc3)cc2-c2ccc(-c3ccccc3)cc21. The van der Waals surface area contributed by atoms with E-state index in [4.69, 9.17) is 4.42 Å². The Morgan fingerprint density at radius 3 is 1.63 bits per heavy atom. The van der Waals surface area contributed by atoms with E-state index in [1.54, 1.807) is 0 Å². The van der Waals surface area contributed by atoms with Gasteiger partial charge in [0.2, 0.25) is 0 Å². The van der Waals surface area contributed by atoms with E-state index in [9.17, 15) is 0 Å². The molecule has 0 bridgehead atoms. The van der Waals surface area contributed by atoms with Crippen LogP contribution >= 0.6 is 0 Å². The Morgan fingerprint density at radius 1 is 0.323 bits per heavy atom. The minimum atomic E-state index is -0.115. The molecule has 0 aliphatic heterocycles. The molecule has 12 rings (SSSR count). The van der Waals surface area contributed by atoms with Gasteiger partial charge in [-0.2, -0.15) is 0 Å². The number of hydrogen-bond acceptors (Lipinski definition) is 2. The van der Waals surface area contributed by atoms with Crippen LogP contribution in [0.2, 0.25) is 0 Å². The van der Waals surface area contributed by atoms with E-state index in [-0.39, 0.29) is 10.8 Å². The molecule has 0 spiro atoms. The molecule has 2 nitrogen and oxygen atoms in total. The Kier molecular flexibility index (Phi) is 7.96. The first kappa shape index (κ1) is 36.4. The first-order valence-corrected chi connectivity index (χ1v) is 21.7. The molecule has 1 heterocycles. The van der Waals surface area contributed by atoms with Crippen LogP contribution in [-0.2, 0) is 10.8 Å². The third-order valence-electron chi connectivity index (χ3n) is 13.9. The van der Waals surface area contributed by atoms with Gasteiger partial charge in [-0.1, -0.05) is 173 Å². The third kappa shape index (κ3) is 5.49. The third-order valence-corrected chi connectivity index (χ3v) is 13.9. The Morgan fingerprint density at radius 2 is 0.839 bits per heavy atom. The van der Waals surface area contributed by atoms with E-state index in [2.05, 4.69) is 221 Å². The summed E-state index contributed by atoms with van der Waals surface area (Å²) in [6.45, 7) is 9.43. The Labute approximate surface area is 363 Å². The maximum Gasteiger partial charge on any atom is 0.143 e.